The van der Waals surface area contributed by atoms with Gasteiger partial charge in [-0.3, -0.25) is 9.58 Å². The molecule has 1 saturated heterocycles. The first-order valence-corrected chi connectivity index (χ1v) is 8.00. The molecule has 7 nitrogen and oxygen atoms in total. The van der Waals surface area contributed by atoms with E-state index in [0.717, 1.165) is 10.2 Å². The van der Waals surface area contributed by atoms with Crippen molar-refractivity contribution in [1.82, 2.24) is 14.7 Å². The van der Waals surface area contributed by atoms with Crippen molar-refractivity contribution in [1.29, 1.82) is 0 Å². The van der Waals surface area contributed by atoms with Gasteiger partial charge in [0, 0.05) is 13.6 Å². The first-order chi connectivity index (χ1) is 10.2. The largest absolute Gasteiger partial charge is 0.444 e. The molecule has 0 aliphatic carbocycles. The van der Waals surface area contributed by atoms with Gasteiger partial charge in [0.05, 0.1) is 41.7 Å². The van der Waals surface area contributed by atoms with E-state index in [4.69, 9.17) is 15.2 Å². The van der Waals surface area contributed by atoms with Gasteiger partial charge >= 0.3 is 6.09 Å². The second kappa shape index (κ2) is 6.55. The molecular weight excluding hydrogens is 352 g/mol. The van der Waals surface area contributed by atoms with E-state index in [-0.39, 0.29) is 12.1 Å². The maximum atomic E-state index is 12.4. The third kappa shape index (κ3) is 3.80. The van der Waals surface area contributed by atoms with Gasteiger partial charge in [-0.1, -0.05) is 0 Å². The van der Waals surface area contributed by atoms with Gasteiger partial charge in [-0.25, -0.2) is 4.79 Å². The molecule has 2 heterocycles. The zero-order valence-corrected chi connectivity index (χ0v) is 15.0. The number of rotatable bonds is 2. The molecule has 2 atom stereocenters. The van der Waals surface area contributed by atoms with E-state index in [1.807, 2.05) is 27.8 Å². The molecule has 2 unspecified atom stereocenters. The fourth-order valence-electron chi connectivity index (χ4n) is 2.44. The van der Waals surface area contributed by atoms with E-state index in [1.165, 1.54) is 0 Å². The van der Waals surface area contributed by atoms with Gasteiger partial charge in [-0.05, 0) is 36.7 Å². The minimum Gasteiger partial charge on any atom is -0.444 e. The fraction of sp³-hybridized carbons (Fsp3) is 0.714. The van der Waals surface area contributed by atoms with Crippen molar-refractivity contribution in [3.63, 3.8) is 0 Å². The summed E-state index contributed by atoms with van der Waals surface area (Å²) >= 11 is 3.45. The molecule has 124 valence electrons. The van der Waals surface area contributed by atoms with Crippen LogP contribution in [0.3, 0.4) is 0 Å². The molecule has 1 aromatic heterocycles. The lowest BCUT2D eigenvalue weighted by Gasteiger charge is -2.39. The van der Waals surface area contributed by atoms with Crippen LogP contribution in [0, 0.1) is 0 Å². The Morgan fingerprint density at radius 1 is 1.59 bits per heavy atom. The molecule has 0 spiro atoms. The summed E-state index contributed by atoms with van der Waals surface area (Å²) in [6.07, 6.45) is 1.32. The number of halogens is 1. The third-order valence-corrected chi connectivity index (χ3v) is 4.07. The molecule has 1 amide bonds. The van der Waals surface area contributed by atoms with Gasteiger partial charge in [0.25, 0.3) is 0 Å². The first kappa shape index (κ1) is 17.2. The molecule has 0 radical (unpaired) electrons. The number of nitrogens with zero attached hydrogens (tertiary/aromatic N) is 3. The summed E-state index contributed by atoms with van der Waals surface area (Å²) in [7, 11) is 1.82. The molecule has 2 N–H and O–H groups in total. The number of amides is 1. The lowest BCUT2D eigenvalue weighted by molar-refractivity contribution is -0.0387. The Labute approximate surface area is 138 Å². The second-order valence-electron chi connectivity index (χ2n) is 6.34. The zero-order chi connectivity index (χ0) is 16.5. The Kier molecular flexibility index (Phi) is 5.14. The Balaban J connectivity index is 2.21. The molecule has 1 aromatic rings. The number of hydrogen-bond acceptors (Lipinski definition) is 5. The Bertz CT molecular complexity index is 521. The summed E-state index contributed by atoms with van der Waals surface area (Å²) in [6.45, 7) is 6.85. The number of nitrogens with two attached hydrogens (primary N) is 1. The lowest BCUT2D eigenvalue weighted by Crippen LogP contribution is -2.54. The Hall–Kier alpha value is -1.12. The molecule has 0 aromatic carbocycles. The first-order valence-electron chi connectivity index (χ1n) is 7.21. The van der Waals surface area contributed by atoms with Crippen molar-refractivity contribution in [2.75, 3.05) is 19.8 Å². The number of aryl methyl sites for hydroxylation is 1. The van der Waals surface area contributed by atoms with E-state index in [9.17, 15) is 4.79 Å². The summed E-state index contributed by atoms with van der Waals surface area (Å²) < 4.78 is 13.5. The van der Waals surface area contributed by atoms with Crippen LogP contribution in [0.1, 0.15) is 32.5 Å². The van der Waals surface area contributed by atoms with Gasteiger partial charge in [0.15, 0.2) is 0 Å². The summed E-state index contributed by atoms with van der Waals surface area (Å²) in [5.41, 5.74) is 6.67. The molecule has 0 bridgehead atoms. The topological polar surface area (TPSA) is 82.6 Å². The standard InChI is InChI=1S/C14H23BrN4O3/c1-14(2,3)22-13(20)19-5-6-21-8-10(19)11(16)12-9(15)7-17-18(12)4/h7,10-11H,5-6,8,16H2,1-4H3. The highest BCUT2D eigenvalue weighted by atomic mass is 79.9. The predicted molar refractivity (Wildman–Crippen MR) is 85.4 cm³/mol. The van der Waals surface area contributed by atoms with Crippen LogP contribution in [-0.2, 0) is 16.5 Å². The van der Waals surface area contributed by atoms with E-state index < -0.39 is 11.6 Å². The Morgan fingerprint density at radius 3 is 2.82 bits per heavy atom. The normalized spacial score (nSPS) is 20.8. The van der Waals surface area contributed by atoms with Crippen molar-refractivity contribution >= 4 is 22.0 Å². The maximum absolute atomic E-state index is 12.4. The highest BCUT2D eigenvalue weighted by Gasteiger charge is 2.36. The number of ether oxygens (including phenoxy) is 2. The Morgan fingerprint density at radius 2 is 2.27 bits per heavy atom. The summed E-state index contributed by atoms with van der Waals surface area (Å²) in [6, 6.07) is -0.718. The predicted octanol–water partition coefficient (Wildman–Crippen LogP) is 1.82. The molecule has 1 aliphatic heterocycles. The van der Waals surface area contributed by atoms with Crippen molar-refractivity contribution in [2.24, 2.45) is 12.8 Å². The molecule has 2 rings (SSSR count). The minimum absolute atomic E-state index is 0.296. The van der Waals surface area contributed by atoms with Gasteiger partial charge in [-0.15, -0.1) is 0 Å². The minimum atomic E-state index is -0.544. The average Bonchev–Trinajstić information content (AvgIpc) is 2.75. The van der Waals surface area contributed by atoms with Gasteiger partial charge < -0.3 is 15.2 Å². The molecule has 1 fully saturated rings. The molecule has 8 heteroatoms. The van der Waals surface area contributed by atoms with Crippen LogP contribution in [0.15, 0.2) is 10.7 Å². The average molecular weight is 375 g/mol. The van der Waals surface area contributed by atoms with Crippen LogP contribution >= 0.6 is 15.9 Å². The van der Waals surface area contributed by atoms with Gasteiger partial charge in [0.2, 0.25) is 0 Å². The van der Waals surface area contributed by atoms with Crippen LogP contribution in [0.4, 0.5) is 4.79 Å². The lowest BCUT2D eigenvalue weighted by atomic mass is 10.0. The molecule has 1 aliphatic rings. The van der Waals surface area contributed by atoms with Crippen LogP contribution in [0.2, 0.25) is 0 Å². The molecule has 0 saturated carbocycles. The monoisotopic (exact) mass is 374 g/mol. The van der Waals surface area contributed by atoms with Crippen molar-refractivity contribution in [3.05, 3.63) is 16.4 Å². The van der Waals surface area contributed by atoms with E-state index in [2.05, 4.69) is 21.0 Å². The number of aromatic nitrogens is 2. The third-order valence-electron chi connectivity index (χ3n) is 3.46. The summed E-state index contributed by atoms with van der Waals surface area (Å²) in [5, 5.41) is 4.18. The highest BCUT2D eigenvalue weighted by molar-refractivity contribution is 9.10. The smallest absolute Gasteiger partial charge is 0.410 e. The molecular formula is C14H23BrN4O3. The highest BCUT2D eigenvalue weighted by Crippen LogP contribution is 2.28. The number of hydrogen-bond donors (Lipinski definition) is 1. The quantitative estimate of drug-likeness (QED) is 0.853. The van der Waals surface area contributed by atoms with E-state index in [0.29, 0.717) is 19.8 Å². The second-order valence-corrected chi connectivity index (χ2v) is 7.20. The van der Waals surface area contributed by atoms with Crippen LogP contribution in [0.25, 0.3) is 0 Å². The zero-order valence-electron chi connectivity index (χ0n) is 13.4. The van der Waals surface area contributed by atoms with Gasteiger partial charge in [0.1, 0.15) is 5.60 Å². The van der Waals surface area contributed by atoms with Crippen LogP contribution in [-0.4, -0.2) is 52.2 Å². The number of carbonyl (C=O) groups excluding carboxylic acids is 1. The number of carbonyl (C=O) groups is 1. The van der Waals surface area contributed by atoms with E-state index >= 15 is 0 Å². The summed E-state index contributed by atoms with van der Waals surface area (Å²) in [5.74, 6) is 0. The SMILES string of the molecule is Cn1ncc(Br)c1C(N)C1COCCN1C(=O)OC(C)(C)C. The van der Waals surface area contributed by atoms with Crippen molar-refractivity contribution < 1.29 is 14.3 Å². The van der Waals surface area contributed by atoms with Crippen LogP contribution in [0.5, 0.6) is 0 Å². The van der Waals surface area contributed by atoms with Gasteiger partial charge in [-0.2, -0.15) is 5.10 Å². The van der Waals surface area contributed by atoms with E-state index in [1.54, 1.807) is 15.8 Å². The van der Waals surface area contributed by atoms with Crippen LogP contribution < -0.4 is 5.73 Å². The molecule has 22 heavy (non-hydrogen) atoms. The van der Waals surface area contributed by atoms with Crippen molar-refractivity contribution in [3.8, 4) is 0 Å². The van der Waals surface area contributed by atoms with Crippen molar-refractivity contribution in [2.45, 2.75) is 38.5 Å². The summed E-state index contributed by atoms with van der Waals surface area (Å²) in [4.78, 5) is 14.1. The number of morpholine rings is 1. The maximum Gasteiger partial charge on any atom is 0.410 e. The fourth-order valence-corrected chi connectivity index (χ4v) is 3.06.